The maximum atomic E-state index is 13.7. The SMILES string of the molecule is CC(C)NC(=O)c1nc(C(=O)NCc2ccccc2F)n2ccccc12. The first kappa shape index (κ1) is 17.6. The molecule has 2 N–H and O–H groups in total. The zero-order valence-electron chi connectivity index (χ0n) is 14.5. The van der Waals surface area contributed by atoms with Crippen molar-refractivity contribution in [2.24, 2.45) is 0 Å². The van der Waals surface area contributed by atoms with Gasteiger partial charge in [0.05, 0.1) is 5.52 Å². The lowest BCUT2D eigenvalue weighted by Crippen LogP contribution is -2.30. The summed E-state index contributed by atoms with van der Waals surface area (Å²) in [5.41, 5.74) is 1.08. The van der Waals surface area contributed by atoms with E-state index in [9.17, 15) is 14.0 Å². The third kappa shape index (κ3) is 3.56. The van der Waals surface area contributed by atoms with Crippen LogP contribution in [-0.2, 0) is 6.54 Å². The van der Waals surface area contributed by atoms with E-state index in [1.165, 1.54) is 6.07 Å². The van der Waals surface area contributed by atoms with Gasteiger partial charge in [-0.05, 0) is 32.0 Å². The van der Waals surface area contributed by atoms with Gasteiger partial charge in [-0.2, -0.15) is 0 Å². The van der Waals surface area contributed by atoms with Crippen molar-refractivity contribution < 1.29 is 14.0 Å². The fourth-order valence-electron chi connectivity index (χ4n) is 2.59. The van der Waals surface area contributed by atoms with Crippen LogP contribution in [0.2, 0.25) is 0 Å². The number of pyridine rings is 1. The monoisotopic (exact) mass is 354 g/mol. The van der Waals surface area contributed by atoms with E-state index >= 15 is 0 Å². The lowest BCUT2D eigenvalue weighted by molar-refractivity contribution is 0.0939. The second kappa shape index (κ2) is 7.35. The lowest BCUT2D eigenvalue weighted by atomic mass is 10.2. The summed E-state index contributed by atoms with van der Waals surface area (Å²) in [4.78, 5) is 29.1. The van der Waals surface area contributed by atoms with Crippen molar-refractivity contribution >= 4 is 17.3 Å². The van der Waals surface area contributed by atoms with Gasteiger partial charge < -0.3 is 10.6 Å². The molecular weight excluding hydrogens is 335 g/mol. The van der Waals surface area contributed by atoms with E-state index in [-0.39, 0.29) is 30.0 Å². The first-order valence-corrected chi connectivity index (χ1v) is 8.27. The molecule has 0 radical (unpaired) electrons. The van der Waals surface area contributed by atoms with E-state index < -0.39 is 11.7 Å². The fourth-order valence-corrected chi connectivity index (χ4v) is 2.59. The Labute approximate surface area is 150 Å². The zero-order chi connectivity index (χ0) is 18.7. The molecule has 0 spiro atoms. The highest BCUT2D eigenvalue weighted by molar-refractivity contribution is 6.02. The fraction of sp³-hybridized carbons (Fsp3) is 0.211. The molecule has 0 bridgehead atoms. The van der Waals surface area contributed by atoms with E-state index in [1.54, 1.807) is 47.0 Å². The molecule has 2 amide bonds. The van der Waals surface area contributed by atoms with E-state index in [4.69, 9.17) is 0 Å². The molecule has 0 atom stereocenters. The summed E-state index contributed by atoms with van der Waals surface area (Å²) in [5, 5.41) is 5.42. The minimum Gasteiger partial charge on any atom is -0.348 e. The van der Waals surface area contributed by atoms with Gasteiger partial charge in [-0.15, -0.1) is 0 Å². The van der Waals surface area contributed by atoms with Gasteiger partial charge in [-0.1, -0.05) is 24.3 Å². The Bertz CT molecular complexity index is 965. The number of fused-ring (bicyclic) bond motifs is 1. The number of carbonyl (C=O) groups is 2. The Hall–Kier alpha value is -3.22. The minimum absolute atomic E-state index is 0.0285. The Morgan fingerprint density at radius 1 is 1.12 bits per heavy atom. The van der Waals surface area contributed by atoms with Crippen molar-refractivity contribution in [1.29, 1.82) is 0 Å². The molecule has 6 nitrogen and oxygen atoms in total. The number of benzene rings is 1. The summed E-state index contributed by atoms with van der Waals surface area (Å²) < 4.78 is 15.2. The molecule has 0 unspecified atom stereocenters. The van der Waals surface area contributed by atoms with Gasteiger partial charge in [0.15, 0.2) is 5.69 Å². The van der Waals surface area contributed by atoms with Crippen molar-refractivity contribution in [2.45, 2.75) is 26.4 Å². The van der Waals surface area contributed by atoms with Gasteiger partial charge in [-0.25, -0.2) is 9.37 Å². The highest BCUT2D eigenvalue weighted by Gasteiger charge is 2.21. The van der Waals surface area contributed by atoms with Crippen LogP contribution < -0.4 is 10.6 Å². The second-order valence-corrected chi connectivity index (χ2v) is 6.14. The molecule has 3 aromatic rings. The smallest absolute Gasteiger partial charge is 0.287 e. The number of nitrogens with one attached hydrogen (secondary N) is 2. The molecule has 0 aliphatic rings. The Balaban J connectivity index is 1.88. The van der Waals surface area contributed by atoms with Crippen molar-refractivity contribution in [3.8, 4) is 0 Å². The molecule has 0 saturated carbocycles. The van der Waals surface area contributed by atoms with Crippen LogP contribution in [0.1, 0.15) is 40.5 Å². The Morgan fingerprint density at radius 3 is 2.58 bits per heavy atom. The number of rotatable bonds is 5. The average molecular weight is 354 g/mol. The number of aromatic nitrogens is 2. The standard InChI is InChI=1S/C19H19FN4O2/c1-12(2)22-18(25)16-15-9-5-6-10-24(15)17(23-16)19(26)21-11-13-7-3-4-8-14(13)20/h3-10,12H,11H2,1-2H3,(H,21,26)(H,22,25). The van der Waals surface area contributed by atoms with E-state index in [0.717, 1.165) is 0 Å². The van der Waals surface area contributed by atoms with Crippen molar-refractivity contribution in [2.75, 3.05) is 0 Å². The molecule has 0 fully saturated rings. The molecule has 26 heavy (non-hydrogen) atoms. The molecule has 2 aromatic heterocycles. The number of carbonyl (C=O) groups excluding carboxylic acids is 2. The van der Waals surface area contributed by atoms with Gasteiger partial charge in [0, 0.05) is 24.3 Å². The third-order valence-electron chi connectivity index (χ3n) is 3.78. The maximum Gasteiger partial charge on any atom is 0.287 e. The van der Waals surface area contributed by atoms with Crippen LogP contribution in [0.15, 0.2) is 48.7 Å². The van der Waals surface area contributed by atoms with Crippen LogP contribution in [0.4, 0.5) is 4.39 Å². The molecule has 0 aliphatic heterocycles. The number of hydrogen-bond donors (Lipinski definition) is 2. The number of imidazole rings is 1. The Kier molecular flexibility index (Phi) is 4.97. The summed E-state index contributed by atoms with van der Waals surface area (Å²) >= 11 is 0. The second-order valence-electron chi connectivity index (χ2n) is 6.14. The Morgan fingerprint density at radius 2 is 1.85 bits per heavy atom. The van der Waals surface area contributed by atoms with E-state index in [0.29, 0.717) is 11.1 Å². The first-order valence-electron chi connectivity index (χ1n) is 8.27. The first-order chi connectivity index (χ1) is 12.5. The number of amides is 2. The highest BCUT2D eigenvalue weighted by Crippen LogP contribution is 2.14. The van der Waals surface area contributed by atoms with Crippen LogP contribution >= 0.6 is 0 Å². The van der Waals surface area contributed by atoms with Crippen LogP contribution in [0, 0.1) is 5.82 Å². The molecular formula is C19H19FN4O2. The molecule has 3 rings (SSSR count). The van der Waals surface area contributed by atoms with Crippen molar-refractivity contribution in [1.82, 2.24) is 20.0 Å². The topological polar surface area (TPSA) is 75.5 Å². The van der Waals surface area contributed by atoms with E-state index in [2.05, 4.69) is 15.6 Å². The van der Waals surface area contributed by atoms with Crippen molar-refractivity contribution in [3.05, 3.63) is 71.6 Å². The molecule has 0 saturated heterocycles. The highest BCUT2D eigenvalue weighted by atomic mass is 19.1. The predicted octanol–water partition coefficient (Wildman–Crippen LogP) is 2.54. The maximum absolute atomic E-state index is 13.7. The van der Waals surface area contributed by atoms with Crippen LogP contribution in [0.3, 0.4) is 0 Å². The van der Waals surface area contributed by atoms with Crippen LogP contribution in [-0.4, -0.2) is 27.2 Å². The summed E-state index contributed by atoms with van der Waals surface area (Å²) in [6.07, 6.45) is 1.66. The number of halogens is 1. The third-order valence-corrected chi connectivity index (χ3v) is 3.78. The molecule has 7 heteroatoms. The summed E-state index contributed by atoms with van der Waals surface area (Å²) in [6, 6.07) is 11.4. The summed E-state index contributed by atoms with van der Waals surface area (Å²) in [6.45, 7) is 3.72. The lowest BCUT2D eigenvalue weighted by Gasteiger charge is -2.06. The minimum atomic E-state index is -0.488. The number of hydrogen-bond acceptors (Lipinski definition) is 3. The van der Waals surface area contributed by atoms with Gasteiger partial charge in [-0.3, -0.25) is 14.0 Å². The van der Waals surface area contributed by atoms with Gasteiger partial charge in [0.1, 0.15) is 5.82 Å². The zero-order valence-corrected chi connectivity index (χ0v) is 14.5. The summed E-state index contributed by atoms with van der Waals surface area (Å²) in [5.74, 6) is -1.15. The predicted molar refractivity (Wildman–Crippen MR) is 95.4 cm³/mol. The van der Waals surface area contributed by atoms with Gasteiger partial charge in [0.2, 0.25) is 5.82 Å². The molecule has 134 valence electrons. The van der Waals surface area contributed by atoms with Crippen LogP contribution in [0.25, 0.3) is 5.52 Å². The quantitative estimate of drug-likeness (QED) is 0.739. The molecule has 1 aromatic carbocycles. The van der Waals surface area contributed by atoms with E-state index in [1.807, 2.05) is 13.8 Å². The summed E-state index contributed by atoms with van der Waals surface area (Å²) in [7, 11) is 0. The number of nitrogens with zero attached hydrogens (tertiary/aromatic N) is 2. The van der Waals surface area contributed by atoms with Crippen molar-refractivity contribution in [3.63, 3.8) is 0 Å². The van der Waals surface area contributed by atoms with Gasteiger partial charge in [0.25, 0.3) is 11.8 Å². The van der Waals surface area contributed by atoms with Gasteiger partial charge >= 0.3 is 0 Å². The average Bonchev–Trinajstić information content (AvgIpc) is 3.00. The molecule has 2 heterocycles. The molecule has 0 aliphatic carbocycles. The largest absolute Gasteiger partial charge is 0.348 e. The van der Waals surface area contributed by atoms with Crippen LogP contribution in [0.5, 0.6) is 0 Å². The normalized spacial score (nSPS) is 10.9.